The van der Waals surface area contributed by atoms with Crippen LogP contribution >= 0.6 is 0 Å². The number of nitrogens with one attached hydrogen (secondary N) is 1. The van der Waals surface area contributed by atoms with E-state index in [1.807, 2.05) is 0 Å². The highest BCUT2D eigenvalue weighted by atomic mass is 19.4. The van der Waals surface area contributed by atoms with Gasteiger partial charge in [0.05, 0.1) is 12.1 Å². The second-order valence-corrected chi connectivity index (χ2v) is 3.76. The van der Waals surface area contributed by atoms with Crippen LogP contribution in [0.1, 0.15) is 17.0 Å². The van der Waals surface area contributed by atoms with Crippen LogP contribution in [0.4, 0.5) is 17.6 Å². The smallest absolute Gasteiger partial charge is 0.343 e. The lowest BCUT2D eigenvalue weighted by Crippen LogP contribution is -2.15. The minimum absolute atomic E-state index is 0.137. The first-order valence-corrected chi connectivity index (χ1v) is 5.28. The molecule has 0 fully saturated rings. The molecule has 0 spiro atoms. The summed E-state index contributed by atoms with van der Waals surface area (Å²) in [6, 6.07) is 2.86. The molecule has 0 saturated carbocycles. The van der Waals surface area contributed by atoms with Crippen molar-refractivity contribution in [3.05, 3.63) is 47.4 Å². The quantitative estimate of drug-likeness (QED) is 0.871. The largest absolute Gasteiger partial charge is 0.419 e. The fourth-order valence-corrected chi connectivity index (χ4v) is 1.49. The van der Waals surface area contributed by atoms with E-state index in [1.54, 1.807) is 0 Å². The van der Waals surface area contributed by atoms with Gasteiger partial charge in [-0.3, -0.25) is 0 Å². The molecule has 1 N–H and O–H groups in total. The van der Waals surface area contributed by atoms with Crippen molar-refractivity contribution in [2.75, 3.05) is 0 Å². The molecule has 0 aliphatic rings. The molecule has 0 atom stereocenters. The van der Waals surface area contributed by atoms with Gasteiger partial charge in [-0.1, -0.05) is 11.2 Å². The molecular weight excluding hydrogens is 266 g/mol. The molecule has 0 aliphatic carbocycles. The standard InChI is InChI=1S/C11H9F4N3O/c12-9-2-1-7(3-8(9)11(13,14)15)4-16-5-10-17-6-19-18-10/h1-3,6,16H,4-5H2. The lowest BCUT2D eigenvalue weighted by molar-refractivity contribution is -0.140. The average molecular weight is 275 g/mol. The molecule has 102 valence electrons. The summed E-state index contributed by atoms with van der Waals surface area (Å²) in [7, 11) is 0. The van der Waals surface area contributed by atoms with E-state index in [9.17, 15) is 17.6 Å². The van der Waals surface area contributed by atoms with Gasteiger partial charge in [-0.2, -0.15) is 18.2 Å². The van der Waals surface area contributed by atoms with Crippen LogP contribution in [0.2, 0.25) is 0 Å². The fourth-order valence-electron chi connectivity index (χ4n) is 1.49. The summed E-state index contributed by atoms with van der Waals surface area (Å²) in [5, 5.41) is 6.36. The predicted octanol–water partition coefficient (Wildman–Crippen LogP) is 2.52. The van der Waals surface area contributed by atoms with Gasteiger partial charge in [-0.15, -0.1) is 0 Å². The number of benzene rings is 1. The minimum atomic E-state index is -4.70. The van der Waals surface area contributed by atoms with Crippen LogP contribution in [0.5, 0.6) is 0 Å². The van der Waals surface area contributed by atoms with E-state index in [0.29, 0.717) is 11.4 Å². The summed E-state index contributed by atoms with van der Waals surface area (Å²) < 4.78 is 55.0. The highest BCUT2D eigenvalue weighted by Crippen LogP contribution is 2.31. The normalized spacial score (nSPS) is 11.8. The summed E-state index contributed by atoms with van der Waals surface area (Å²) in [5.74, 6) is -0.896. The third kappa shape index (κ3) is 3.50. The molecule has 0 radical (unpaired) electrons. The second kappa shape index (κ2) is 5.35. The molecule has 19 heavy (non-hydrogen) atoms. The molecular formula is C11H9F4N3O. The Morgan fingerprint density at radius 3 is 2.63 bits per heavy atom. The van der Waals surface area contributed by atoms with Gasteiger partial charge in [0.25, 0.3) is 0 Å². The van der Waals surface area contributed by atoms with Crippen molar-refractivity contribution in [3.63, 3.8) is 0 Å². The second-order valence-electron chi connectivity index (χ2n) is 3.76. The van der Waals surface area contributed by atoms with Crippen LogP contribution in [0, 0.1) is 5.82 Å². The molecule has 0 bridgehead atoms. The number of rotatable bonds is 4. The SMILES string of the molecule is Fc1ccc(CNCc2ncon2)cc1C(F)(F)F. The van der Waals surface area contributed by atoms with Crippen molar-refractivity contribution in [1.29, 1.82) is 0 Å². The number of aromatic nitrogens is 2. The topological polar surface area (TPSA) is 51.0 Å². The maximum Gasteiger partial charge on any atom is 0.419 e. The van der Waals surface area contributed by atoms with Gasteiger partial charge in [-0.25, -0.2) is 4.39 Å². The number of hydrogen-bond acceptors (Lipinski definition) is 4. The molecule has 8 heteroatoms. The van der Waals surface area contributed by atoms with Crippen LogP contribution in [0.15, 0.2) is 29.1 Å². The van der Waals surface area contributed by atoms with Crippen molar-refractivity contribution < 1.29 is 22.1 Å². The Labute approximate surface area is 105 Å². The van der Waals surface area contributed by atoms with Gasteiger partial charge in [0, 0.05) is 6.54 Å². The molecule has 1 aromatic carbocycles. The monoisotopic (exact) mass is 275 g/mol. The van der Waals surface area contributed by atoms with E-state index in [1.165, 1.54) is 6.07 Å². The Bertz CT molecular complexity index is 539. The van der Waals surface area contributed by atoms with Gasteiger partial charge >= 0.3 is 6.18 Å². The Hall–Kier alpha value is -1.96. The molecule has 0 amide bonds. The molecule has 0 aliphatic heterocycles. The van der Waals surface area contributed by atoms with Crippen LogP contribution in [0.3, 0.4) is 0 Å². The van der Waals surface area contributed by atoms with Crippen molar-refractivity contribution >= 4 is 0 Å². The Balaban J connectivity index is 2.01. The first-order valence-electron chi connectivity index (χ1n) is 5.28. The van der Waals surface area contributed by atoms with Crippen molar-refractivity contribution in [2.45, 2.75) is 19.3 Å². The summed E-state index contributed by atoms with van der Waals surface area (Å²) >= 11 is 0. The minimum Gasteiger partial charge on any atom is -0.343 e. The fraction of sp³-hybridized carbons (Fsp3) is 0.273. The van der Waals surface area contributed by atoms with E-state index in [0.717, 1.165) is 18.5 Å². The highest BCUT2D eigenvalue weighted by molar-refractivity contribution is 5.27. The first kappa shape index (κ1) is 13.5. The summed E-state index contributed by atoms with van der Waals surface area (Å²) in [6.45, 7) is 0.382. The van der Waals surface area contributed by atoms with E-state index in [-0.39, 0.29) is 13.1 Å². The molecule has 0 saturated heterocycles. The molecule has 1 heterocycles. The number of halogens is 4. The van der Waals surface area contributed by atoms with Crippen LogP contribution in [0.25, 0.3) is 0 Å². The van der Waals surface area contributed by atoms with Gasteiger partial charge in [0.15, 0.2) is 5.82 Å². The van der Waals surface area contributed by atoms with Gasteiger partial charge in [0.1, 0.15) is 5.82 Å². The summed E-state index contributed by atoms with van der Waals surface area (Å²) in [5.41, 5.74) is -0.955. The Kier molecular flexibility index (Phi) is 3.79. The number of nitrogens with zero attached hydrogens (tertiary/aromatic N) is 2. The van der Waals surface area contributed by atoms with Gasteiger partial charge in [-0.05, 0) is 17.7 Å². The average Bonchev–Trinajstić information content (AvgIpc) is 2.83. The van der Waals surface area contributed by atoms with Crippen LogP contribution in [-0.4, -0.2) is 10.1 Å². The zero-order chi connectivity index (χ0) is 13.9. The van der Waals surface area contributed by atoms with Gasteiger partial charge < -0.3 is 9.84 Å². The highest BCUT2D eigenvalue weighted by Gasteiger charge is 2.34. The van der Waals surface area contributed by atoms with E-state index < -0.39 is 17.6 Å². The third-order valence-electron chi connectivity index (χ3n) is 2.36. The van der Waals surface area contributed by atoms with Gasteiger partial charge in [0.2, 0.25) is 6.39 Å². The zero-order valence-electron chi connectivity index (χ0n) is 9.54. The number of hydrogen-bond donors (Lipinski definition) is 1. The Morgan fingerprint density at radius 2 is 2.00 bits per heavy atom. The lowest BCUT2D eigenvalue weighted by Gasteiger charge is -2.10. The van der Waals surface area contributed by atoms with E-state index in [2.05, 4.69) is 20.0 Å². The summed E-state index contributed by atoms with van der Waals surface area (Å²) in [4.78, 5) is 3.74. The maximum atomic E-state index is 13.0. The predicted molar refractivity (Wildman–Crippen MR) is 56.2 cm³/mol. The first-order chi connectivity index (χ1) is 8.97. The molecule has 1 aromatic heterocycles. The van der Waals surface area contributed by atoms with Crippen molar-refractivity contribution in [1.82, 2.24) is 15.5 Å². The Morgan fingerprint density at radius 1 is 1.21 bits per heavy atom. The van der Waals surface area contributed by atoms with Crippen molar-refractivity contribution in [2.24, 2.45) is 0 Å². The lowest BCUT2D eigenvalue weighted by atomic mass is 10.1. The van der Waals surface area contributed by atoms with E-state index >= 15 is 0 Å². The number of alkyl halides is 3. The zero-order valence-corrected chi connectivity index (χ0v) is 9.54. The van der Waals surface area contributed by atoms with Crippen LogP contribution < -0.4 is 5.32 Å². The maximum absolute atomic E-state index is 13.0. The van der Waals surface area contributed by atoms with Crippen molar-refractivity contribution in [3.8, 4) is 0 Å². The van der Waals surface area contributed by atoms with Crippen LogP contribution in [-0.2, 0) is 19.3 Å². The molecule has 2 aromatic rings. The van der Waals surface area contributed by atoms with E-state index in [4.69, 9.17) is 0 Å². The molecule has 2 rings (SSSR count). The molecule has 0 unspecified atom stereocenters. The third-order valence-corrected chi connectivity index (χ3v) is 2.36. The summed E-state index contributed by atoms with van der Waals surface area (Å²) in [6.07, 6.45) is -3.55. The molecule has 4 nitrogen and oxygen atoms in total.